The molecule has 0 bridgehead atoms. The molecule has 1 N–H and O–H groups in total. The number of aryl methyl sites for hydroxylation is 1. The van der Waals surface area contributed by atoms with Gasteiger partial charge in [-0.1, -0.05) is 17.7 Å². The molecule has 0 aliphatic carbocycles. The van der Waals surface area contributed by atoms with Crippen LogP contribution in [0.25, 0.3) is 0 Å². The summed E-state index contributed by atoms with van der Waals surface area (Å²) in [6, 6.07) is 7.16. The van der Waals surface area contributed by atoms with Crippen molar-refractivity contribution >= 4 is 17.3 Å². The number of rotatable bonds is 2. The first-order valence-electron chi connectivity index (χ1n) is 6.70. The van der Waals surface area contributed by atoms with E-state index in [4.69, 9.17) is 11.6 Å². The average Bonchev–Trinajstić information content (AvgIpc) is 2.32. The summed E-state index contributed by atoms with van der Waals surface area (Å²) in [7, 11) is 0. The molecular weight excluding hydrogens is 246 g/mol. The molecule has 0 aromatic heterocycles. The predicted octanol–water partition coefficient (Wildman–Crippen LogP) is 1.74. The maximum atomic E-state index is 6.20. The number of nitrogens with zero attached hydrogens (tertiary/aromatic N) is 2. The molecule has 18 heavy (non-hydrogen) atoms. The minimum absolute atomic E-state index is 0.772. The number of piperazine rings is 1. The topological polar surface area (TPSA) is 18.5 Å². The molecule has 2 heterocycles. The summed E-state index contributed by atoms with van der Waals surface area (Å²) in [6.07, 6.45) is 0. The molecule has 1 aromatic carbocycles. The van der Waals surface area contributed by atoms with Crippen LogP contribution in [-0.2, 0) is 0 Å². The van der Waals surface area contributed by atoms with Gasteiger partial charge in [0.1, 0.15) is 0 Å². The molecule has 0 atom stereocenters. The Kier molecular flexibility index (Phi) is 3.46. The van der Waals surface area contributed by atoms with Crippen LogP contribution in [0.1, 0.15) is 5.56 Å². The van der Waals surface area contributed by atoms with Gasteiger partial charge in [-0.05, 0) is 24.6 Å². The number of benzene rings is 1. The third-order valence-corrected chi connectivity index (χ3v) is 4.52. The summed E-state index contributed by atoms with van der Waals surface area (Å²) < 4.78 is 0. The predicted molar refractivity (Wildman–Crippen MR) is 76.6 cm³/mol. The standard InChI is InChI=1S/C14H20ClN3/c1-11-2-3-12(8-14(11)15)17-4-6-18(7-5-17)13-9-16-10-13/h2-3,8,13,16H,4-7,9-10H2,1H3. The van der Waals surface area contributed by atoms with Crippen LogP contribution in [0.2, 0.25) is 5.02 Å². The van der Waals surface area contributed by atoms with Crippen molar-refractivity contribution in [2.75, 3.05) is 44.2 Å². The van der Waals surface area contributed by atoms with Crippen molar-refractivity contribution in [3.8, 4) is 0 Å². The zero-order valence-corrected chi connectivity index (χ0v) is 11.6. The van der Waals surface area contributed by atoms with Gasteiger partial charge in [0.2, 0.25) is 0 Å². The molecule has 2 fully saturated rings. The van der Waals surface area contributed by atoms with Gasteiger partial charge in [0.15, 0.2) is 0 Å². The SMILES string of the molecule is Cc1ccc(N2CCN(C3CNC3)CC2)cc1Cl. The highest BCUT2D eigenvalue weighted by Crippen LogP contribution is 2.24. The maximum Gasteiger partial charge on any atom is 0.0455 e. The largest absolute Gasteiger partial charge is 0.369 e. The van der Waals surface area contributed by atoms with Gasteiger partial charge in [-0.15, -0.1) is 0 Å². The second-order valence-electron chi connectivity index (χ2n) is 5.27. The Morgan fingerprint density at radius 1 is 1.17 bits per heavy atom. The second kappa shape index (κ2) is 5.08. The lowest BCUT2D eigenvalue weighted by Gasteiger charge is -2.43. The molecule has 2 aliphatic heterocycles. The minimum Gasteiger partial charge on any atom is -0.369 e. The lowest BCUT2D eigenvalue weighted by molar-refractivity contribution is 0.138. The van der Waals surface area contributed by atoms with Crippen LogP contribution in [0.3, 0.4) is 0 Å². The normalized spacial score (nSPS) is 22.0. The maximum absolute atomic E-state index is 6.20. The third kappa shape index (κ3) is 2.35. The van der Waals surface area contributed by atoms with E-state index in [2.05, 4.69) is 33.3 Å². The van der Waals surface area contributed by atoms with E-state index in [-0.39, 0.29) is 0 Å². The van der Waals surface area contributed by atoms with Crippen LogP contribution in [0.4, 0.5) is 5.69 Å². The fourth-order valence-electron chi connectivity index (χ4n) is 2.66. The lowest BCUT2D eigenvalue weighted by atomic mass is 10.1. The third-order valence-electron chi connectivity index (χ3n) is 4.11. The summed E-state index contributed by atoms with van der Waals surface area (Å²) in [4.78, 5) is 5.04. The van der Waals surface area contributed by atoms with Crippen molar-refractivity contribution in [1.29, 1.82) is 0 Å². The highest BCUT2D eigenvalue weighted by molar-refractivity contribution is 6.31. The first-order chi connectivity index (χ1) is 8.74. The van der Waals surface area contributed by atoms with Crippen LogP contribution in [0.5, 0.6) is 0 Å². The summed E-state index contributed by atoms with van der Waals surface area (Å²) in [6.45, 7) is 8.92. The molecule has 0 unspecified atom stereocenters. The Labute approximate surface area is 114 Å². The minimum atomic E-state index is 0.772. The van der Waals surface area contributed by atoms with Crippen LogP contribution < -0.4 is 10.2 Å². The van der Waals surface area contributed by atoms with Gasteiger partial charge in [-0.3, -0.25) is 4.90 Å². The summed E-state index contributed by atoms with van der Waals surface area (Å²) in [5, 5.41) is 4.22. The fraction of sp³-hybridized carbons (Fsp3) is 0.571. The molecular formula is C14H20ClN3. The highest BCUT2D eigenvalue weighted by atomic mass is 35.5. The van der Waals surface area contributed by atoms with Crippen molar-refractivity contribution in [3.05, 3.63) is 28.8 Å². The Bertz CT molecular complexity index is 423. The van der Waals surface area contributed by atoms with E-state index < -0.39 is 0 Å². The first-order valence-corrected chi connectivity index (χ1v) is 7.08. The molecule has 3 rings (SSSR count). The Morgan fingerprint density at radius 2 is 1.89 bits per heavy atom. The van der Waals surface area contributed by atoms with Gasteiger partial charge < -0.3 is 10.2 Å². The number of anilines is 1. The molecule has 0 amide bonds. The average molecular weight is 266 g/mol. The van der Waals surface area contributed by atoms with Gasteiger partial charge in [-0.25, -0.2) is 0 Å². The van der Waals surface area contributed by atoms with Gasteiger partial charge >= 0.3 is 0 Å². The Hall–Kier alpha value is -0.770. The van der Waals surface area contributed by atoms with E-state index in [1.165, 1.54) is 5.69 Å². The summed E-state index contributed by atoms with van der Waals surface area (Å²) in [5.74, 6) is 0. The van der Waals surface area contributed by atoms with E-state index in [0.717, 1.165) is 55.9 Å². The monoisotopic (exact) mass is 265 g/mol. The molecule has 2 aliphatic rings. The van der Waals surface area contributed by atoms with Gasteiger partial charge in [0, 0.05) is 56.0 Å². The number of hydrogen-bond acceptors (Lipinski definition) is 3. The fourth-order valence-corrected chi connectivity index (χ4v) is 2.83. The van der Waals surface area contributed by atoms with E-state index >= 15 is 0 Å². The Morgan fingerprint density at radius 3 is 2.44 bits per heavy atom. The molecule has 2 saturated heterocycles. The molecule has 4 heteroatoms. The first kappa shape index (κ1) is 12.3. The molecule has 3 nitrogen and oxygen atoms in total. The lowest BCUT2D eigenvalue weighted by Crippen LogP contribution is -2.61. The summed E-state index contributed by atoms with van der Waals surface area (Å²) >= 11 is 6.20. The van der Waals surface area contributed by atoms with Crippen molar-refractivity contribution in [1.82, 2.24) is 10.2 Å². The van der Waals surface area contributed by atoms with Gasteiger partial charge in [-0.2, -0.15) is 0 Å². The Balaban J connectivity index is 1.62. The molecule has 1 aromatic rings. The molecule has 98 valence electrons. The van der Waals surface area contributed by atoms with Crippen LogP contribution in [-0.4, -0.2) is 50.2 Å². The van der Waals surface area contributed by atoms with E-state index in [9.17, 15) is 0 Å². The van der Waals surface area contributed by atoms with Crippen molar-refractivity contribution in [3.63, 3.8) is 0 Å². The van der Waals surface area contributed by atoms with Crippen LogP contribution >= 0.6 is 11.6 Å². The molecule has 0 spiro atoms. The zero-order chi connectivity index (χ0) is 12.5. The van der Waals surface area contributed by atoms with Crippen molar-refractivity contribution in [2.24, 2.45) is 0 Å². The number of halogens is 1. The molecule has 0 saturated carbocycles. The quantitative estimate of drug-likeness (QED) is 0.879. The number of hydrogen-bond donors (Lipinski definition) is 1. The highest BCUT2D eigenvalue weighted by Gasteiger charge is 2.27. The van der Waals surface area contributed by atoms with Crippen molar-refractivity contribution in [2.45, 2.75) is 13.0 Å². The van der Waals surface area contributed by atoms with Gasteiger partial charge in [0.25, 0.3) is 0 Å². The van der Waals surface area contributed by atoms with Crippen LogP contribution in [0.15, 0.2) is 18.2 Å². The van der Waals surface area contributed by atoms with Crippen LogP contribution in [0, 0.1) is 6.92 Å². The van der Waals surface area contributed by atoms with E-state index in [0.29, 0.717) is 0 Å². The number of nitrogens with one attached hydrogen (secondary N) is 1. The second-order valence-corrected chi connectivity index (χ2v) is 5.68. The van der Waals surface area contributed by atoms with E-state index in [1.807, 2.05) is 6.92 Å². The zero-order valence-electron chi connectivity index (χ0n) is 10.8. The van der Waals surface area contributed by atoms with Crippen molar-refractivity contribution < 1.29 is 0 Å². The smallest absolute Gasteiger partial charge is 0.0455 e. The van der Waals surface area contributed by atoms with Gasteiger partial charge in [0.05, 0.1) is 0 Å². The summed E-state index contributed by atoms with van der Waals surface area (Å²) in [5.41, 5.74) is 2.41. The van der Waals surface area contributed by atoms with E-state index in [1.54, 1.807) is 0 Å². The molecule has 0 radical (unpaired) electrons.